The summed E-state index contributed by atoms with van der Waals surface area (Å²) in [5, 5.41) is 4.40. The predicted molar refractivity (Wildman–Crippen MR) is 120 cm³/mol. The van der Waals surface area contributed by atoms with E-state index >= 15 is 0 Å². The number of halogens is 1. The number of benzene rings is 2. The fraction of sp³-hybridized carbons (Fsp3) is 0.0417. The Hall–Kier alpha value is -3.64. The van der Waals surface area contributed by atoms with E-state index in [0.717, 1.165) is 43.2 Å². The minimum atomic E-state index is -0.262. The van der Waals surface area contributed by atoms with Crippen molar-refractivity contribution in [3.63, 3.8) is 0 Å². The zero-order valence-corrected chi connectivity index (χ0v) is 16.7. The van der Waals surface area contributed by atoms with Gasteiger partial charge in [0.2, 0.25) is 0 Å². The molecule has 0 unspecified atom stereocenters. The molecule has 5 rings (SSSR count). The highest BCUT2D eigenvalue weighted by Crippen LogP contribution is 2.46. The molecule has 0 spiro atoms. The number of nitrogens with zero attached hydrogens (tertiary/aromatic N) is 3. The Morgan fingerprint density at radius 1 is 0.833 bits per heavy atom. The van der Waals surface area contributed by atoms with Gasteiger partial charge >= 0.3 is 0 Å². The lowest BCUT2D eigenvalue weighted by molar-refractivity contribution is 0.628. The summed E-state index contributed by atoms with van der Waals surface area (Å²) in [6, 6.07) is 20.7. The summed E-state index contributed by atoms with van der Waals surface area (Å²) in [6.07, 6.45) is 5.12. The quantitative estimate of drug-likeness (QED) is 0.375. The third-order valence-corrected chi connectivity index (χ3v) is 6.01. The summed E-state index contributed by atoms with van der Waals surface area (Å²) >= 11 is 1.60. The van der Waals surface area contributed by atoms with Gasteiger partial charge in [0.05, 0.1) is 5.39 Å². The summed E-state index contributed by atoms with van der Waals surface area (Å²) in [7, 11) is 0. The predicted octanol–water partition coefficient (Wildman–Crippen LogP) is 6.17. The number of fused-ring (bicyclic) bond motifs is 1. The van der Waals surface area contributed by atoms with Crippen molar-refractivity contribution in [3.8, 4) is 21.6 Å². The molecule has 5 aromatic rings. The van der Waals surface area contributed by atoms with Gasteiger partial charge in [0.1, 0.15) is 22.8 Å². The number of hydrogen-bond acceptors (Lipinski definition) is 5. The van der Waals surface area contributed by atoms with Crippen LogP contribution in [0.5, 0.6) is 0 Å². The molecule has 0 aliphatic carbocycles. The Kier molecular flexibility index (Phi) is 4.91. The van der Waals surface area contributed by atoms with Gasteiger partial charge in [-0.05, 0) is 41.0 Å². The molecule has 0 aliphatic rings. The number of thiophene rings is 1. The molecule has 0 aliphatic heterocycles. The maximum Gasteiger partial charge on any atom is 0.139 e. The fourth-order valence-electron chi connectivity index (χ4n) is 3.45. The lowest BCUT2D eigenvalue weighted by Crippen LogP contribution is -2.02. The van der Waals surface area contributed by atoms with E-state index in [9.17, 15) is 4.39 Å². The molecule has 2 aromatic carbocycles. The van der Waals surface area contributed by atoms with Crippen LogP contribution in [0.15, 0.2) is 85.5 Å². The number of anilines is 1. The standard InChI is InChI=1S/C24H17FN4S/c25-19-8-6-17(7-9-19)20-21-23(27-14-16-4-2-1-3-5-16)28-15-29-24(21)30-22(20)18-10-12-26-13-11-18/h1-13,15H,14H2,(H,27,28,29). The second-order valence-electron chi connectivity index (χ2n) is 6.79. The fourth-order valence-corrected chi connectivity index (χ4v) is 4.62. The molecule has 0 saturated carbocycles. The highest BCUT2D eigenvalue weighted by Gasteiger charge is 2.20. The Balaban J connectivity index is 1.69. The SMILES string of the molecule is Fc1ccc(-c2c(-c3ccncc3)sc3ncnc(NCc4ccccc4)c23)cc1. The van der Waals surface area contributed by atoms with Crippen LogP contribution in [0, 0.1) is 5.82 Å². The van der Waals surface area contributed by atoms with Gasteiger partial charge in [-0.3, -0.25) is 4.98 Å². The van der Waals surface area contributed by atoms with Crippen LogP contribution < -0.4 is 5.32 Å². The summed E-state index contributed by atoms with van der Waals surface area (Å²) in [6.45, 7) is 0.649. The lowest BCUT2D eigenvalue weighted by Gasteiger charge is -2.10. The molecule has 1 N–H and O–H groups in total. The van der Waals surface area contributed by atoms with E-state index in [1.807, 2.05) is 30.3 Å². The van der Waals surface area contributed by atoms with Crippen molar-refractivity contribution < 1.29 is 4.39 Å². The third kappa shape index (κ3) is 3.53. The minimum Gasteiger partial charge on any atom is -0.365 e. The molecule has 3 heterocycles. The van der Waals surface area contributed by atoms with E-state index < -0.39 is 0 Å². The summed E-state index contributed by atoms with van der Waals surface area (Å²) in [4.78, 5) is 15.1. The minimum absolute atomic E-state index is 0.262. The topological polar surface area (TPSA) is 50.7 Å². The molecular formula is C24H17FN4S. The van der Waals surface area contributed by atoms with Crippen LogP contribution in [0.25, 0.3) is 31.8 Å². The van der Waals surface area contributed by atoms with Crippen LogP contribution in [-0.2, 0) is 6.54 Å². The number of rotatable bonds is 5. The molecule has 146 valence electrons. The summed E-state index contributed by atoms with van der Waals surface area (Å²) in [5.74, 6) is 0.502. The summed E-state index contributed by atoms with van der Waals surface area (Å²) < 4.78 is 13.6. The van der Waals surface area contributed by atoms with Gasteiger partial charge in [-0.15, -0.1) is 11.3 Å². The van der Waals surface area contributed by atoms with Gasteiger partial charge in [0.25, 0.3) is 0 Å². The maximum atomic E-state index is 13.6. The molecule has 0 fully saturated rings. The molecule has 3 aromatic heterocycles. The Morgan fingerprint density at radius 2 is 1.60 bits per heavy atom. The van der Waals surface area contributed by atoms with Crippen molar-refractivity contribution in [2.75, 3.05) is 5.32 Å². The average molecular weight is 412 g/mol. The van der Waals surface area contributed by atoms with Crippen LogP contribution >= 0.6 is 11.3 Å². The third-order valence-electron chi connectivity index (χ3n) is 4.87. The second-order valence-corrected chi connectivity index (χ2v) is 7.79. The first-order chi connectivity index (χ1) is 14.8. The van der Waals surface area contributed by atoms with Crippen molar-refractivity contribution >= 4 is 27.4 Å². The first-order valence-corrected chi connectivity index (χ1v) is 10.3. The molecule has 4 nitrogen and oxygen atoms in total. The largest absolute Gasteiger partial charge is 0.365 e. The first kappa shape index (κ1) is 18.4. The highest BCUT2D eigenvalue weighted by molar-refractivity contribution is 7.22. The zero-order valence-electron chi connectivity index (χ0n) is 15.9. The van der Waals surface area contributed by atoms with Gasteiger partial charge in [0.15, 0.2) is 0 Å². The number of aromatic nitrogens is 3. The van der Waals surface area contributed by atoms with Crippen molar-refractivity contribution in [2.45, 2.75) is 6.54 Å². The molecule has 0 saturated heterocycles. The Bertz CT molecular complexity index is 1290. The number of hydrogen-bond donors (Lipinski definition) is 1. The van der Waals surface area contributed by atoms with Crippen LogP contribution in [-0.4, -0.2) is 15.0 Å². The normalized spacial score (nSPS) is 11.0. The average Bonchev–Trinajstić information content (AvgIpc) is 3.20. The first-order valence-electron chi connectivity index (χ1n) is 9.51. The Morgan fingerprint density at radius 3 is 2.37 bits per heavy atom. The van der Waals surface area contributed by atoms with Crippen LogP contribution in [0.1, 0.15) is 5.56 Å². The van der Waals surface area contributed by atoms with Crippen LogP contribution in [0.2, 0.25) is 0 Å². The van der Waals surface area contributed by atoms with Crippen LogP contribution in [0.4, 0.5) is 10.2 Å². The van der Waals surface area contributed by atoms with E-state index in [-0.39, 0.29) is 5.82 Å². The molecule has 6 heteroatoms. The smallest absolute Gasteiger partial charge is 0.139 e. The maximum absolute atomic E-state index is 13.6. The van der Waals surface area contributed by atoms with E-state index in [1.165, 1.54) is 12.1 Å². The van der Waals surface area contributed by atoms with Gasteiger partial charge in [0, 0.05) is 29.4 Å². The second kappa shape index (κ2) is 8.00. The monoisotopic (exact) mass is 412 g/mol. The van der Waals surface area contributed by atoms with E-state index in [0.29, 0.717) is 6.54 Å². The van der Waals surface area contributed by atoms with Gasteiger partial charge in [-0.1, -0.05) is 42.5 Å². The van der Waals surface area contributed by atoms with Gasteiger partial charge in [-0.25, -0.2) is 14.4 Å². The number of pyridine rings is 1. The van der Waals surface area contributed by atoms with Crippen molar-refractivity contribution in [3.05, 3.63) is 96.8 Å². The molecule has 30 heavy (non-hydrogen) atoms. The van der Waals surface area contributed by atoms with E-state index in [1.54, 1.807) is 42.2 Å². The van der Waals surface area contributed by atoms with E-state index in [4.69, 9.17) is 0 Å². The van der Waals surface area contributed by atoms with Crippen molar-refractivity contribution in [1.29, 1.82) is 0 Å². The van der Waals surface area contributed by atoms with E-state index in [2.05, 4.69) is 32.4 Å². The zero-order chi connectivity index (χ0) is 20.3. The molecular weight excluding hydrogens is 395 g/mol. The van der Waals surface area contributed by atoms with Crippen molar-refractivity contribution in [2.24, 2.45) is 0 Å². The molecule has 0 amide bonds. The molecule has 0 bridgehead atoms. The molecule has 0 atom stereocenters. The van der Waals surface area contributed by atoms with Crippen molar-refractivity contribution in [1.82, 2.24) is 15.0 Å². The summed E-state index contributed by atoms with van der Waals surface area (Å²) in [5.41, 5.74) is 4.13. The Labute approximate surface area is 177 Å². The number of nitrogens with one attached hydrogen (secondary N) is 1. The van der Waals surface area contributed by atoms with Gasteiger partial charge in [-0.2, -0.15) is 0 Å². The lowest BCUT2D eigenvalue weighted by atomic mass is 10.00. The van der Waals surface area contributed by atoms with Gasteiger partial charge < -0.3 is 5.32 Å². The molecule has 0 radical (unpaired) electrons. The van der Waals surface area contributed by atoms with Crippen LogP contribution in [0.3, 0.4) is 0 Å². The highest BCUT2D eigenvalue weighted by atomic mass is 32.1.